The topological polar surface area (TPSA) is 120 Å². The lowest BCUT2D eigenvalue weighted by Crippen LogP contribution is -2.53. The van der Waals surface area contributed by atoms with E-state index in [-0.39, 0.29) is 41.6 Å². The van der Waals surface area contributed by atoms with Crippen molar-refractivity contribution in [3.05, 3.63) is 18.2 Å². The van der Waals surface area contributed by atoms with Gasteiger partial charge in [0.25, 0.3) is 5.91 Å². The highest BCUT2D eigenvalue weighted by Gasteiger charge is 2.43. The van der Waals surface area contributed by atoms with Crippen LogP contribution < -0.4 is 25.2 Å². The van der Waals surface area contributed by atoms with E-state index in [1.807, 2.05) is 23.1 Å². The van der Waals surface area contributed by atoms with Gasteiger partial charge >= 0.3 is 0 Å². The maximum Gasteiger partial charge on any atom is 0.270 e. The molecule has 3 amide bonds. The van der Waals surface area contributed by atoms with Crippen LogP contribution in [0.15, 0.2) is 18.2 Å². The fourth-order valence-electron chi connectivity index (χ4n) is 6.25. The number of nitrogens with one attached hydrogen (secondary N) is 2. The third kappa shape index (κ3) is 6.14. The van der Waals surface area contributed by atoms with Gasteiger partial charge in [0.1, 0.15) is 5.75 Å². The van der Waals surface area contributed by atoms with Crippen molar-refractivity contribution in [1.82, 2.24) is 10.6 Å². The van der Waals surface area contributed by atoms with Gasteiger partial charge in [-0.25, -0.2) is 0 Å². The normalized spacial score (nSPS) is 27.9. The Bertz CT molecular complexity index is 1110. The highest BCUT2D eigenvalue weighted by Crippen LogP contribution is 2.43. The number of aliphatic hydroxyl groups excluding tert-OH is 1. The minimum Gasteiger partial charge on any atom is -0.476 e. The summed E-state index contributed by atoms with van der Waals surface area (Å²) in [6, 6.07) is 5.55. The van der Waals surface area contributed by atoms with Crippen LogP contribution in [-0.4, -0.2) is 80.0 Å². The molecule has 220 valence electrons. The first-order valence-electron chi connectivity index (χ1n) is 14.9. The van der Waals surface area contributed by atoms with Crippen molar-refractivity contribution < 1.29 is 29.0 Å². The second-order valence-electron chi connectivity index (χ2n) is 12.3. The molecule has 1 aromatic rings. The molecule has 4 aliphatic rings. The maximum atomic E-state index is 14.0. The number of carbonyl (C=O) groups excluding carboxylic acids is 3. The summed E-state index contributed by atoms with van der Waals surface area (Å²) in [6.45, 7) is 5.61. The van der Waals surface area contributed by atoms with E-state index in [4.69, 9.17) is 9.47 Å². The molecule has 1 saturated heterocycles. The summed E-state index contributed by atoms with van der Waals surface area (Å²) in [4.78, 5) is 44.0. The van der Waals surface area contributed by atoms with E-state index in [2.05, 4.69) is 10.6 Å². The summed E-state index contributed by atoms with van der Waals surface area (Å²) >= 11 is 0. The lowest BCUT2D eigenvalue weighted by Gasteiger charge is -2.40. The molecule has 0 bridgehead atoms. The van der Waals surface area contributed by atoms with Crippen LogP contribution in [0.4, 0.5) is 11.4 Å². The SMILES string of the molecule is COCCCN1C(=O)C(C)(C)Oc2ccc(N(C(=O)[C@H]3CNC[C@@H](C(=O)N[C@@H]4CCCC[C@H]4O)C3)C3CC3)cc21. The summed E-state index contributed by atoms with van der Waals surface area (Å²) in [5, 5.41) is 16.7. The van der Waals surface area contributed by atoms with E-state index in [1.54, 1.807) is 25.9 Å². The van der Waals surface area contributed by atoms with Gasteiger partial charge in [-0.15, -0.1) is 0 Å². The van der Waals surface area contributed by atoms with Crippen LogP contribution in [0.1, 0.15) is 65.2 Å². The average molecular weight is 557 g/mol. The summed E-state index contributed by atoms with van der Waals surface area (Å²) < 4.78 is 11.3. The zero-order valence-corrected chi connectivity index (χ0v) is 24.0. The van der Waals surface area contributed by atoms with E-state index < -0.39 is 11.7 Å². The number of anilines is 2. The van der Waals surface area contributed by atoms with Crippen molar-refractivity contribution in [1.29, 1.82) is 0 Å². The molecule has 3 N–H and O–H groups in total. The van der Waals surface area contributed by atoms with E-state index >= 15 is 0 Å². The Labute approximate surface area is 236 Å². The predicted molar refractivity (Wildman–Crippen MR) is 151 cm³/mol. The van der Waals surface area contributed by atoms with Gasteiger partial charge < -0.3 is 35.0 Å². The minimum atomic E-state index is -0.982. The molecule has 10 heteroatoms. The van der Waals surface area contributed by atoms with Crippen molar-refractivity contribution in [2.24, 2.45) is 11.8 Å². The molecule has 0 unspecified atom stereocenters. The molecular formula is C30H44N4O6. The fraction of sp³-hybridized carbons (Fsp3) is 0.700. The number of methoxy groups -OCH3 is 1. The number of piperidine rings is 1. The molecule has 0 radical (unpaired) electrons. The molecule has 4 atom stereocenters. The molecule has 2 aliphatic carbocycles. The first kappa shape index (κ1) is 28.8. The molecule has 2 saturated carbocycles. The second-order valence-corrected chi connectivity index (χ2v) is 12.3. The molecule has 3 fully saturated rings. The molecule has 1 aromatic carbocycles. The number of hydrogen-bond acceptors (Lipinski definition) is 7. The van der Waals surface area contributed by atoms with Gasteiger partial charge in [-0.3, -0.25) is 14.4 Å². The fourth-order valence-corrected chi connectivity index (χ4v) is 6.25. The van der Waals surface area contributed by atoms with Gasteiger partial charge in [-0.1, -0.05) is 12.8 Å². The molecule has 2 aliphatic heterocycles. The number of aliphatic hydroxyl groups is 1. The first-order chi connectivity index (χ1) is 19.2. The van der Waals surface area contributed by atoms with E-state index in [0.717, 1.165) is 37.8 Å². The summed E-state index contributed by atoms with van der Waals surface area (Å²) in [5.41, 5.74) is 0.433. The van der Waals surface area contributed by atoms with Crippen molar-refractivity contribution in [3.63, 3.8) is 0 Å². The summed E-state index contributed by atoms with van der Waals surface area (Å²) in [7, 11) is 1.64. The number of amides is 3. The Kier molecular flexibility index (Phi) is 8.68. The zero-order valence-electron chi connectivity index (χ0n) is 24.0. The van der Waals surface area contributed by atoms with Crippen molar-refractivity contribution in [2.75, 3.05) is 43.2 Å². The minimum absolute atomic E-state index is 0.000492. The average Bonchev–Trinajstić information content (AvgIpc) is 3.77. The number of carbonyl (C=O) groups is 3. The predicted octanol–water partition coefficient (Wildman–Crippen LogP) is 2.37. The van der Waals surface area contributed by atoms with Gasteiger partial charge in [-0.05, 0) is 70.6 Å². The molecule has 0 aromatic heterocycles. The van der Waals surface area contributed by atoms with Crippen LogP contribution in [0.5, 0.6) is 5.75 Å². The van der Waals surface area contributed by atoms with Gasteiger partial charge in [0, 0.05) is 45.1 Å². The van der Waals surface area contributed by atoms with Crippen LogP contribution in [0.25, 0.3) is 0 Å². The van der Waals surface area contributed by atoms with Crippen molar-refractivity contribution >= 4 is 29.1 Å². The van der Waals surface area contributed by atoms with Gasteiger partial charge in [0.05, 0.1) is 29.7 Å². The largest absolute Gasteiger partial charge is 0.476 e. The number of ether oxygens (including phenoxy) is 2. The van der Waals surface area contributed by atoms with E-state index in [0.29, 0.717) is 56.9 Å². The lowest BCUT2D eigenvalue weighted by atomic mass is 9.87. The zero-order chi connectivity index (χ0) is 28.4. The van der Waals surface area contributed by atoms with Crippen molar-refractivity contribution in [2.45, 2.75) is 89.0 Å². The number of fused-ring (bicyclic) bond motifs is 1. The molecular weight excluding hydrogens is 512 g/mol. The Morgan fingerprint density at radius 1 is 1.18 bits per heavy atom. The van der Waals surface area contributed by atoms with Gasteiger partial charge in [-0.2, -0.15) is 0 Å². The molecule has 40 heavy (non-hydrogen) atoms. The Morgan fingerprint density at radius 2 is 1.93 bits per heavy atom. The maximum absolute atomic E-state index is 14.0. The second kappa shape index (κ2) is 12.0. The first-order valence-corrected chi connectivity index (χ1v) is 14.9. The number of nitrogens with zero attached hydrogens (tertiary/aromatic N) is 2. The monoisotopic (exact) mass is 556 g/mol. The molecule has 0 spiro atoms. The van der Waals surface area contributed by atoms with Crippen LogP contribution in [0, 0.1) is 11.8 Å². The summed E-state index contributed by atoms with van der Waals surface area (Å²) in [5.74, 6) is -0.258. The number of benzene rings is 1. The van der Waals surface area contributed by atoms with E-state index in [1.165, 1.54) is 0 Å². The Morgan fingerprint density at radius 3 is 2.65 bits per heavy atom. The highest BCUT2D eigenvalue weighted by atomic mass is 16.5. The number of hydrogen-bond donors (Lipinski definition) is 3. The molecule has 5 rings (SSSR count). The van der Waals surface area contributed by atoms with Crippen LogP contribution in [0.2, 0.25) is 0 Å². The Hall–Kier alpha value is -2.69. The van der Waals surface area contributed by atoms with E-state index in [9.17, 15) is 19.5 Å². The van der Waals surface area contributed by atoms with Crippen LogP contribution >= 0.6 is 0 Å². The van der Waals surface area contributed by atoms with Gasteiger partial charge in [0.2, 0.25) is 11.8 Å². The lowest BCUT2D eigenvalue weighted by molar-refractivity contribution is -0.132. The summed E-state index contributed by atoms with van der Waals surface area (Å²) in [6.07, 6.45) is 5.98. The van der Waals surface area contributed by atoms with Crippen LogP contribution in [0.3, 0.4) is 0 Å². The van der Waals surface area contributed by atoms with Gasteiger partial charge in [0.15, 0.2) is 5.60 Å². The highest BCUT2D eigenvalue weighted by molar-refractivity contribution is 6.04. The Balaban J connectivity index is 1.33. The third-order valence-corrected chi connectivity index (χ3v) is 8.64. The van der Waals surface area contributed by atoms with Crippen LogP contribution in [-0.2, 0) is 19.1 Å². The van der Waals surface area contributed by atoms with Crippen molar-refractivity contribution in [3.8, 4) is 5.75 Å². The standard InChI is InChI=1S/C30H44N4O6/c1-30(2)29(38)33(13-6-14-39-3)24-16-22(11-12-26(24)40-30)34(21-9-10-21)28(37)20-15-19(17-31-18-20)27(36)32-23-7-4-5-8-25(23)35/h11-12,16,19-21,23,25,31,35H,4-10,13-15,17-18H2,1-3H3,(H,32,36)/t19-,20+,23+,25+/m0/s1. The molecule has 2 heterocycles. The third-order valence-electron chi connectivity index (χ3n) is 8.64. The quantitative estimate of drug-likeness (QED) is 0.400. The number of rotatable bonds is 9. The molecule has 10 nitrogen and oxygen atoms in total. The smallest absolute Gasteiger partial charge is 0.270 e.